The van der Waals surface area contributed by atoms with Crippen molar-refractivity contribution in [1.82, 2.24) is 4.90 Å². The van der Waals surface area contributed by atoms with Crippen molar-refractivity contribution in [3.8, 4) is 0 Å². The van der Waals surface area contributed by atoms with Crippen LogP contribution >= 0.6 is 15.9 Å². The van der Waals surface area contributed by atoms with Crippen LogP contribution < -0.4 is 0 Å². The Labute approximate surface area is 136 Å². The van der Waals surface area contributed by atoms with E-state index < -0.39 is 0 Å². The Morgan fingerprint density at radius 1 is 1.14 bits per heavy atom. The molecule has 2 aliphatic rings. The van der Waals surface area contributed by atoms with Crippen LogP contribution in [0.4, 0.5) is 0 Å². The largest absolute Gasteiger partial charge is 0.335 e. The van der Waals surface area contributed by atoms with E-state index in [0.717, 1.165) is 28.9 Å². The summed E-state index contributed by atoms with van der Waals surface area (Å²) in [6, 6.07) is 6.52. The lowest BCUT2D eigenvalue weighted by Crippen LogP contribution is -2.40. The monoisotopic (exact) mass is 349 g/mol. The number of aryl methyl sites for hydroxylation is 1. The standard InChI is InChI=1S/C18H24BrNO/c1-13-9-10-15(16(19)12-13)18(21)20-11-5-8-17(20)14-6-3-2-4-7-14/h9-10,12,14,17H,2-8,11H2,1H3. The number of likely N-dealkylation sites (tertiary alicyclic amines) is 1. The summed E-state index contributed by atoms with van der Waals surface area (Å²) in [7, 11) is 0. The predicted molar refractivity (Wildman–Crippen MR) is 89.5 cm³/mol. The van der Waals surface area contributed by atoms with Crippen LogP contribution in [0.15, 0.2) is 22.7 Å². The van der Waals surface area contributed by atoms with E-state index in [9.17, 15) is 4.79 Å². The Morgan fingerprint density at radius 2 is 1.90 bits per heavy atom. The Kier molecular flexibility index (Phi) is 4.68. The lowest BCUT2D eigenvalue weighted by Gasteiger charge is -2.34. The smallest absolute Gasteiger partial charge is 0.255 e. The van der Waals surface area contributed by atoms with Gasteiger partial charge in [0.25, 0.3) is 5.91 Å². The fraction of sp³-hybridized carbons (Fsp3) is 0.611. The highest BCUT2D eigenvalue weighted by atomic mass is 79.9. The molecule has 3 heteroatoms. The summed E-state index contributed by atoms with van der Waals surface area (Å²) in [4.78, 5) is 15.1. The fourth-order valence-corrected chi connectivity index (χ4v) is 4.66. The Bertz CT molecular complexity index is 522. The molecule has 3 rings (SSSR count). The van der Waals surface area contributed by atoms with Gasteiger partial charge in [0.1, 0.15) is 0 Å². The van der Waals surface area contributed by atoms with Gasteiger partial charge in [0, 0.05) is 17.1 Å². The highest BCUT2D eigenvalue weighted by Gasteiger charge is 2.35. The molecule has 2 fully saturated rings. The molecule has 0 bridgehead atoms. The molecule has 1 aromatic carbocycles. The van der Waals surface area contributed by atoms with Gasteiger partial charge in [0.15, 0.2) is 0 Å². The van der Waals surface area contributed by atoms with Gasteiger partial charge < -0.3 is 4.90 Å². The van der Waals surface area contributed by atoms with E-state index in [4.69, 9.17) is 0 Å². The van der Waals surface area contributed by atoms with Crippen LogP contribution in [0.1, 0.15) is 60.9 Å². The van der Waals surface area contributed by atoms with Crippen molar-refractivity contribution in [1.29, 1.82) is 0 Å². The van der Waals surface area contributed by atoms with Crippen LogP contribution in [0, 0.1) is 12.8 Å². The number of nitrogens with zero attached hydrogens (tertiary/aromatic N) is 1. The zero-order valence-corrected chi connectivity index (χ0v) is 14.4. The minimum atomic E-state index is 0.218. The molecule has 21 heavy (non-hydrogen) atoms. The SMILES string of the molecule is Cc1ccc(C(=O)N2CCCC2C2CCCCC2)c(Br)c1. The lowest BCUT2D eigenvalue weighted by atomic mass is 9.83. The molecule has 1 aromatic rings. The number of hydrogen-bond donors (Lipinski definition) is 0. The number of halogens is 1. The van der Waals surface area contributed by atoms with Crippen LogP contribution in [-0.4, -0.2) is 23.4 Å². The van der Waals surface area contributed by atoms with Gasteiger partial charge in [-0.15, -0.1) is 0 Å². The summed E-state index contributed by atoms with van der Waals surface area (Å²) in [5.41, 5.74) is 2.01. The molecular weight excluding hydrogens is 326 g/mol. The second kappa shape index (κ2) is 6.51. The summed E-state index contributed by atoms with van der Waals surface area (Å²) < 4.78 is 0.932. The maximum absolute atomic E-state index is 12.9. The summed E-state index contributed by atoms with van der Waals surface area (Å²) in [6.07, 6.45) is 9.04. The van der Waals surface area contributed by atoms with Crippen molar-refractivity contribution < 1.29 is 4.79 Å². The summed E-state index contributed by atoms with van der Waals surface area (Å²) >= 11 is 3.56. The Morgan fingerprint density at radius 3 is 2.62 bits per heavy atom. The van der Waals surface area contributed by atoms with Gasteiger partial charge >= 0.3 is 0 Å². The van der Waals surface area contributed by atoms with E-state index in [0.29, 0.717) is 6.04 Å². The molecule has 1 saturated heterocycles. The van der Waals surface area contributed by atoms with E-state index >= 15 is 0 Å². The highest BCUT2D eigenvalue weighted by molar-refractivity contribution is 9.10. The molecule has 114 valence electrons. The van der Waals surface area contributed by atoms with Crippen LogP contribution in [0.5, 0.6) is 0 Å². The number of carbonyl (C=O) groups excluding carboxylic acids is 1. The molecule has 0 N–H and O–H groups in total. The second-order valence-corrected chi connectivity index (χ2v) is 7.44. The second-order valence-electron chi connectivity index (χ2n) is 6.59. The van der Waals surface area contributed by atoms with Gasteiger partial charge in [-0.3, -0.25) is 4.79 Å². The molecule has 2 nitrogen and oxygen atoms in total. The fourth-order valence-electron chi connectivity index (χ4n) is 4.00. The van der Waals surface area contributed by atoms with Gasteiger partial charge in [-0.2, -0.15) is 0 Å². The Balaban J connectivity index is 1.79. The third-order valence-corrected chi connectivity index (χ3v) is 5.77. The third-order valence-electron chi connectivity index (χ3n) is 5.11. The van der Waals surface area contributed by atoms with Crippen molar-refractivity contribution in [3.05, 3.63) is 33.8 Å². The molecule has 1 amide bonds. The van der Waals surface area contributed by atoms with Gasteiger partial charge in [0.05, 0.1) is 5.56 Å². The van der Waals surface area contributed by atoms with Crippen molar-refractivity contribution in [2.75, 3.05) is 6.54 Å². The van der Waals surface area contributed by atoms with Gasteiger partial charge in [-0.05, 0) is 72.2 Å². The Hall–Kier alpha value is -0.830. The molecule has 1 saturated carbocycles. The lowest BCUT2D eigenvalue weighted by molar-refractivity contribution is 0.0660. The number of rotatable bonds is 2. The first-order valence-electron chi connectivity index (χ1n) is 8.24. The summed E-state index contributed by atoms with van der Waals surface area (Å²) in [5.74, 6) is 0.948. The molecule has 1 heterocycles. The normalized spacial score (nSPS) is 23.5. The van der Waals surface area contributed by atoms with Crippen LogP contribution in [0.3, 0.4) is 0 Å². The van der Waals surface area contributed by atoms with E-state index in [-0.39, 0.29) is 5.91 Å². The minimum absolute atomic E-state index is 0.218. The molecule has 0 spiro atoms. The van der Waals surface area contributed by atoms with Crippen LogP contribution in [0.2, 0.25) is 0 Å². The average molecular weight is 350 g/mol. The van der Waals surface area contributed by atoms with Crippen molar-refractivity contribution >= 4 is 21.8 Å². The van der Waals surface area contributed by atoms with Gasteiger partial charge in [0.2, 0.25) is 0 Å². The number of benzene rings is 1. The quantitative estimate of drug-likeness (QED) is 0.740. The molecule has 1 unspecified atom stereocenters. The van der Waals surface area contributed by atoms with Crippen LogP contribution in [0.25, 0.3) is 0 Å². The van der Waals surface area contributed by atoms with Crippen molar-refractivity contribution in [2.45, 2.75) is 57.9 Å². The first-order valence-corrected chi connectivity index (χ1v) is 9.03. The third kappa shape index (κ3) is 3.18. The maximum atomic E-state index is 12.9. The minimum Gasteiger partial charge on any atom is -0.335 e. The van der Waals surface area contributed by atoms with Gasteiger partial charge in [-0.25, -0.2) is 0 Å². The van der Waals surface area contributed by atoms with Crippen molar-refractivity contribution in [2.24, 2.45) is 5.92 Å². The van der Waals surface area contributed by atoms with E-state index in [2.05, 4.69) is 27.8 Å². The summed E-state index contributed by atoms with van der Waals surface area (Å²) in [6.45, 7) is 2.99. The molecule has 1 aliphatic heterocycles. The maximum Gasteiger partial charge on any atom is 0.255 e. The topological polar surface area (TPSA) is 20.3 Å². The molecule has 1 atom stereocenters. The van der Waals surface area contributed by atoms with E-state index in [1.807, 2.05) is 18.2 Å². The zero-order chi connectivity index (χ0) is 14.8. The first kappa shape index (κ1) is 15.1. The number of hydrogen-bond acceptors (Lipinski definition) is 1. The van der Waals surface area contributed by atoms with E-state index in [1.165, 1.54) is 44.1 Å². The predicted octanol–water partition coefficient (Wildman–Crippen LogP) is 4.94. The molecule has 0 aromatic heterocycles. The number of amides is 1. The van der Waals surface area contributed by atoms with E-state index in [1.54, 1.807) is 0 Å². The zero-order valence-electron chi connectivity index (χ0n) is 12.8. The molecule has 1 aliphatic carbocycles. The van der Waals surface area contributed by atoms with Crippen molar-refractivity contribution in [3.63, 3.8) is 0 Å². The van der Waals surface area contributed by atoms with Gasteiger partial charge in [-0.1, -0.05) is 25.3 Å². The highest BCUT2D eigenvalue weighted by Crippen LogP contribution is 2.35. The van der Waals surface area contributed by atoms with Crippen LogP contribution in [-0.2, 0) is 0 Å². The average Bonchev–Trinajstić information content (AvgIpc) is 2.97. The number of carbonyl (C=O) groups is 1. The summed E-state index contributed by atoms with van der Waals surface area (Å²) in [5, 5.41) is 0. The first-order chi connectivity index (χ1) is 10.2. The molecular formula is C18H24BrNO. The molecule has 0 radical (unpaired) electrons.